The minimum Gasteiger partial charge on any atom is -0.507 e. The molecular formula is C50H49FN4O. The van der Waals surface area contributed by atoms with Crippen LogP contribution < -0.4 is 0 Å². The van der Waals surface area contributed by atoms with E-state index in [0.717, 1.165) is 39.4 Å². The topological polar surface area (TPSA) is 55.9 Å². The van der Waals surface area contributed by atoms with Crippen molar-refractivity contribution in [3.63, 3.8) is 0 Å². The van der Waals surface area contributed by atoms with Gasteiger partial charge in [0, 0.05) is 11.1 Å². The van der Waals surface area contributed by atoms with Gasteiger partial charge in [0.05, 0.1) is 33.5 Å². The van der Waals surface area contributed by atoms with E-state index >= 15 is 4.39 Å². The van der Waals surface area contributed by atoms with Crippen molar-refractivity contribution >= 4 is 22.1 Å². The highest BCUT2D eigenvalue weighted by atomic mass is 19.1. The van der Waals surface area contributed by atoms with Gasteiger partial charge < -0.3 is 5.11 Å². The van der Waals surface area contributed by atoms with Crippen molar-refractivity contribution < 1.29 is 9.50 Å². The Morgan fingerprint density at radius 2 is 0.821 bits per heavy atom. The van der Waals surface area contributed by atoms with E-state index in [2.05, 4.69) is 113 Å². The summed E-state index contributed by atoms with van der Waals surface area (Å²) in [5, 5.41) is 12.0. The predicted molar refractivity (Wildman–Crippen MR) is 230 cm³/mol. The molecule has 8 aromatic rings. The predicted octanol–water partition coefficient (Wildman–Crippen LogP) is 13.7. The number of rotatable bonds is 9. The lowest BCUT2D eigenvalue weighted by atomic mass is 9.92. The molecule has 8 rings (SSSR count). The summed E-state index contributed by atoms with van der Waals surface area (Å²) < 4.78 is 21.4. The van der Waals surface area contributed by atoms with Gasteiger partial charge in [0.1, 0.15) is 34.2 Å². The normalized spacial score (nSPS) is 12.0. The highest BCUT2D eigenvalue weighted by Gasteiger charge is 2.29. The molecule has 2 aromatic heterocycles. The maximum absolute atomic E-state index is 17.0. The molecule has 5 nitrogen and oxygen atoms in total. The molecule has 0 saturated heterocycles. The van der Waals surface area contributed by atoms with Gasteiger partial charge in [-0.1, -0.05) is 152 Å². The zero-order valence-electron chi connectivity index (χ0n) is 33.5. The number of benzene rings is 6. The summed E-state index contributed by atoms with van der Waals surface area (Å²) in [5.74, 6) is 1.76. The van der Waals surface area contributed by atoms with Gasteiger partial charge in [-0.2, -0.15) is 0 Å². The van der Waals surface area contributed by atoms with Crippen LogP contribution in [0.5, 0.6) is 5.75 Å². The molecule has 0 unspecified atom stereocenters. The first-order valence-electron chi connectivity index (χ1n) is 19.8. The Labute approximate surface area is 329 Å². The first kappa shape index (κ1) is 36.9. The van der Waals surface area contributed by atoms with Crippen molar-refractivity contribution in [2.45, 2.75) is 79.1 Å². The number of hydrogen-bond donors (Lipinski definition) is 1. The summed E-state index contributed by atoms with van der Waals surface area (Å²) in [4.78, 5) is 10.7. The van der Waals surface area contributed by atoms with Gasteiger partial charge in [0.25, 0.3) is 0 Å². The van der Waals surface area contributed by atoms with Crippen molar-refractivity contribution in [3.05, 3.63) is 149 Å². The second-order valence-corrected chi connectivity index (χ2v) is 16.1. The molecule has 56 heavy (non-hydrogen) atoms. The standard InChI is InChI=1S/C50H49FN4O/c1-29(2)35-21-15-22-36(30(3)4)47(35)54-40-26-25-39(51)43(45(40)52-49(54)33-17-11-9-12-18-33)44-42(56)28-27-41-46(44)53-50(34-19-13-10-14-20-34)55(41)48-37(31(5)6)23-16-24-38(48)32(7)8/h9-32,56H,1-8H3. The molecule has 0 aliphatic carbocycles. The lowest BCUT2D eigenvalue weighted by molar-refractivity contribution is 0.477. The average molecular weight is 741 g/mol. The number of hydrogen-bond acceptors (Lipinski definition) is 3. The molecule has 0 aliphatic heterocycles. The molecule has 282 valence electrons. The number of halogens is 1. The fraction of sp³-hybridized carbons (Fsp3) is 0.240. The van der Waals surface area contributed by atoms with Crippen molar-refractivity contribution in [1.29, 1.82) is 0 Å². The molecule has 0 fully saturated rings. The Morgan fingerprint density at radius 1 is 0.446 bits per heavy atom. The van der Waals surface area contributed by atoms with E-state index in [1.54, 1.807) is 6.07 Å². The highest BCUT2D eigenvalue weighted by Crippen LogP contribution is 2.46. The highest BCUT2D eigenvalue weighted by molar-refractivity contribution is 6.06. The Morgan fingerprint density at radius 3 is 1.21 bits per heavy atom. The third-order valence-corrected chi connectivity index (χ3v) is 11.0. The van der Waals surface area contributed by atoms with Crippen LogP contribution in [0.15, 0.2) is 121 Å². The van der Waals surface area contributed by atoms with Gasteiger partial charge in [-0.15, -0.1) is 0 Å². The van der Waals surface area contributed by atoms with E-state index in [4.69, 9.17) is 9.97 Å². The second-order valence-electron chi connectivity index (χ2n) is 16.1. The molecular weight excluding hydrogens is 692 g/mol. The Balaban J connectivity index is 1.53. The fourth-order valence-electron chi connectivity index (χ4n) is 8.29. The van der Waals surface area contributed by atoms with Crippen LogP contribution in [-0.4, -0.2) is 24.2 Å². The lowest BCUT2D eigenvalue weighted by Crippen LogP contribution is -2.08. The third-order valence-electron chi connectivity index (χ3n) is 11.0. The van der Waals surface area contributed by atoms with Crippen molar-refractivity contribution in [3.8, 4) is 51.0 Å². The van der Waals surface area contributed by atoms with Crippen LogP contribution in [0.1, 0.15) is 101 Å². The first-order chi connectivity index (χ1) is 27.0. The fourth-order valence-corrected chi connectivity index (χ4v) is 8.29. The number of phenolic OH excluding ortho intramolecular Hbond substituents is 1. The Hall–Kier alpha value is -6.01. The third kappa shape index (κ3) is 6.08. The summed E-state index contributed by atoms with van der Waals surface area (Å²) in [6.45, 7) is 17.7. The van der Waals surface area contributed by atoms with Gasteiger partial charge in [-0.05, 0) is 70.2 Å². The molecule has 0 bridgehead atoms. The summed E-state index contributed by atoms with van der Waals surface area (Å²) in [7, 11) is 0. The van der Waals surface area contributed by atoms with Crippen LogP contribution in [0.3, 0.4) is 0 Å². The molecule has 0 spiro atoms. The molecule has 6 aromatic carbocycles. The molecule has 0 aliphatic rings. The largest absolute Gasteiger partial charge is 0.507 e. The van der Waals surface area contributed by atoms with Crippen LogP contribution in [0.25, 0.3) is 67.3 Å². The van der Waals surface area contributed by atoms with E-state index < -0.39 is 5.82 Å². The maximum atomic E-state index is 17.0. The quantitative estimate of drug-likeness (QED) is 0.160. The summed E-state index contributed by atoms with van der Waals surface area (Å²) in [6, 6.07) is 40.1. The lowest BCUT2D eigenvalue weighted by Gasteiger charge is -2.23. The minimum absolute atomic E-state index is 0.0596. The van der Waals surface area contributed by atoms with Gasteiger partial charge >= 0.3 is 0 Å². The number of nitrogens with zero attached hydrogens (tertiary/aromatic N) is 4. The number of para-hydroxylation sites is 2. The van der Waals surface area contributed by atoms with Crippen LogP contribution in [0.4, 0.5) is 4.39 Å². The molecule has 0 saturated carbocycles. The van der Waals surface area contributed by atoms with E-state index in [1.807, 2.05) is 60.7 Å². The SMILES string of the molecule is CC(C)c1cccc(C(C)C)c1-n1c(-c2ccccc2)nc2c(-c3c(F)ccc4c3nc(-c3ccccc3)n4-c3c(C(C)C)cccc3C(C)C)c(O)ccc21. The molecule has 0 atom stereocenters. The monoisotopic (exact) mass is 740 g/mol. The number of fused-ring (bicyclic) bond motifs is 2. The summed E-state index contributed by atoms with van der Waals surface area (Å²) >= 11 is 0. The van der Waals surface area contributed by atoms with Gasteiger partial charge in [0.15, 0.2) is 0 Å². The number of aromatic hydroxyl groups is 1. The molecule has 2 heterocycles. The zero-order chi connectivity index (χ0) is 39.4. The van der Waals surface area contributed by atoms with Crippen molar-refractivity contribution in [2.75, 3.05) is 0 Å². The zero-order valence-corrected chi connectivity index (χ0v) is 33.5. The minimum atomic E-state index is -0.480. The average Bonchev–Trinajstić information content (AvgIpc) is 3.77. The van der Waals surface area contributed by atoms with E-state index in [1.165, 1.54) is 28.3 Å². The smallest absolute Gasteiger partial charge is 0.145 e. The Kier molecular flexibility index (Phi) is 9.61. The van der Waals surface area contributed by atoms with Crippen LogP contribution >= 0.6 is 0 Å². The van der Waals surface area contributed by atoms with E-state index in [9.17, 15) is 5.11 Å². The first-order valence-corrected chi connectivity index (χ1v) is 19.8. The summed E-state index contributed by atoms with van der Waals surface area (Å²) in [6.07, 6.45) is 0. The number of phenols is 1. The molecule has 0 radical (unpaired) electrons. The molecule has 1 N–H and O–H groups in total. The van der Waals surface area contributed by atoms with Crippen LogP contribution in [0.2, 0.25) is 0 Å². The van der Waals surface area contributed by atoms with Crippen molar-refractivity contribution in [1.82, 2.24) is 19.1 Å². The summed E-state index contributed by atoms with van der Waals surface area (Å²) in [5.41, 5.74) is 11.7. The van der Waals surface area contributed by atoms with Crippen molar-refractivity contribution in [2.24, 2.45) is 0 Å². The van der Waals surface area contributed by atoms with Crippen LogP contribution in [0, 0.1) is 5.82 Å². The molecule has 6 heteroatoms. The number of aromatic nitrogens is 4. The Bertz CT molecular complexity index is 2480. The second kappa shape index (κ2) is 14.6. The van der Waals surface area contributed by atoms with E-state index in [0.29, 0.717) is 22.4 Å². The van der Waals surface area contributed by atoms with Gasteiger partial charge in [0.2, 0.25) is 0 Å². The maximum Gasteiger partial charge on any atom is 0.145 e. The molecule has 0 amide bonds. The van der Waals surface area contributed by atoms with Gasteiger partial charge in [-0.3, -0.25) is 9.13 Å². The van der Waals surface area contributed by atoms with Gasteiger partial charge in [-0.25, -0.2) is 14.4 Å². The number of imidazole rings is 2. The van der Waals surface area contributed by atoms with E-state index in [-0.39, 0.29) is 35.0 Å². The van der Waals surface area contributed by atoms with Crippen LogP contribution in [-0.2, 0) is 0 Å².